The van der Waals surface area contributed by atoms with Gasteiger partial charge in [-0.25, -0.2) is 0 Å². The molecule has 0 N–H and O–H groups in total. The summed E-state index contributed by atoms with van der Waals surface area (Å²) in [5, 5.41) is 1.99. The van der Waals surface area contributed by atoms with E-state index < -0.39 is 0 Å². The molecule has 0 bridgehead atoms. The highest BCUT2D eigenvalue weighted by molar-refractivity contribution is 9.09. The summed E-state index contributed by atoms with van der Waals surface area (Å²) in [7, 11) is 0. The smallest absolute Gasteiger partial charge is 0.0250 e. The molecule has 0 saturated heterocycles. The van der Waals surface area contributed by atoms with E-state index in [9.17, 15) is 0 Å². The van der Waals surface area contributed by atoms with Gasteiger partial charge in [-0.05, 0) is 16.2 Å². The van der Waals surface area contributed by atoms with Gasteiger partial charge in [0.15, 0.2) is 0 Å². The van der Waals surface area contributed by atoms with Crippen LogP contribution in [0, 0.1) is 16.2 Å². The average molecular weight is 338 g/mol. The van der Waals surface area contributed by atoms with Crippen LogP contribution in [0.2, 0.25) is 0 Å². The number of hydrogen-bond donors (Lipinski definition) is 0. The van der Waals surface area contributed by atoms with E-state index in [1.165, 1.54) is 0 Å². The Morgan fingerprint density at radius 2 is 1.00 bits per heavy atom. The summed E-state index contributed by atoms with van der Waals surface area (Å²) < 4.78 is 0. The Morgan fingerprint density at radius 3 is 1.20 bits per heavy atom. The van der Waals surface area contributed by atoms with Gasteiger partial charge in [-0.15, -0.1) is 0 Å². The molecule has 0 aromatic heterocycles. The third-order valence-corrected chi connectivity index (χ3v) is 6.39. The topological polar surface area (TPSA) is 0 Å². The molecule has 0 aromatic rings. The third kappa shape index (κ3) is 1.58. The third-order valence-electron chi connectivity index (χ3n) is 5.27. The second kappa shape index (κ2) is 3.87. The zero-order chi connectivity index (χ0) is 12.1. The molecule has 1 rings (SSSR count). The number of alkyl halides is 2. The summed E-state index contributed by atoms with van der Waals surface area (Å²) in [6, 6.07) is 0. The van der Waals surface area contributed by atoms with Gasteiger partial charge in [0, 0.05) is 10.7 Å². The first-order valence-electron chi connectivity index (χ1n) is 5.49. The van der Waals surface area contributed by atoms with Crippen LogP contribution < -0.4 is 0 Å². The number of hydrogen-bond acceptors (Lipinski definition) is 0. The van der Waals surface area contributed by atoms with E-state index >= 15 is 0 Å². The van der Waals surface area contributed by atoms with Crippen molar-refractivity contribution in [1.29, 1.82) is 0 Å². The van der Waals surface area contributed by atoms with Gasteiger partial charge in [0.1, 0.15) is 0 Å². The Balaban J connectivity index is 3.43. The van der Waals surface area contributed by atoms with Crippen LogP contribution in [0.1, 0.15) is 41.5 Å². The molecule has 0 atom stereocenters. The van der Waals surface area contributed by atoms with Crippen LogP contribution in [0.3, 0.4) is 0 Å². The first-order chi connectivity index (χ1) is 6.64. The lowest BCUT2D eigenvalue weighted by molar-refractivity contribution is 0.0624. The normalized spacial score (nSPS) is 27.2. The SMILES string of the molecule is CC1(C)C(CBr)=C(CBr)C(C)(C)C1(C)C. The van der Waals surface area contributed by atoms with E-state index in [-0.39, 0.29) is 10.8 Å². The molecule has 0 fully saturated rings. The number of rotatable bonds is 2. The molecule has 0 amide bonds. The van der Waals surface area contributed by atoms with Gasteiger partial charge in [0.2, 0.25) is 0 Å². The van der Waals surface area contributed by atoms with Gasteiger partial charge in [-0.3, -0.25) is 0 Å². The number of halogens is 2. The van der Waals surface area contributed by atoms with Crippen molar-refractivity contribution in [3.05, 3.63) is 11.1 Å². The lowest BCUT2D eigenvalue weighted by atomic mass is 9.58. The molecule has 0 saturated carbocycles. The highest BCUT2D eigenvalue weighted by atomic mass is 79.9. The molecule has 2 heteroatoms. The Hall–Kier alpha value is 0.700. The minimum absolute atomic E-state index is 0.267. The molecule has 0 radical (unpaired) electrons. The minimum Gasteiger partial charge on any atom is -0.0880 e. The fourth-order valence-corrected chi connectivity index (χ4v) is 4.86. The second-order valence-electron chi connectivity index (χ2n) is 6.10. The van der Waals surface area contributed by atoms with Crippen molar-refractivity contribution in [2.45, 2.75) is 41.5 Å². The van der Waals surface area contributed by atoms with E-state index in [1.54, 1.807) is 11.1 Å². The van der Waals surface area contributed by atoms with E-state index in [1.807, 2.05) is 0 Å². The minimum atomic E-state index is 0.267. The van der Waals surface area contributed by atoms with E-state index in [0.717, 1.165) is 10.7 Å². The predicted octanol–water partition coefficient (Wildman–Crippen LogP) is 5.17. The van der Waals surface area contributed by atoms with Crippen LogP contribution in [0.4, 0.5) is 0 Å². The van der Waals surface area contributed by atoms with Crippen molar-refractivity contribution in [1.82, 2.24) is 0 Å². The van der Waals surface area contributed by atoms with Crippen molar-refractivity contribution in [3.63, 3.8) is 0 Å². The quantitative estimate of drug-likeness (QED) is 0.482. The molecule has 0 aromatic carbocycles. The Bertz CT molecular complexity index is 268. The lowest BCUT2D eigenvalue weighted by Crippen LogP contribution is -2.40. The van der Waals surface area contributed by atoms with E-state index in [2.05, 4.69) is 73.4 Å². The van der Waals surface area contributed by atoms with Gasteiger partial charge >= 0.3 is 0 Å². The molecule has 1 aliphatic carbocycles. The molecular weight excluding hydrogens is 316 g/mol. The first kappa shape index (κ1) is 13.8. The molecule has 88 valence electrons. The van der Waals surface area contributed by atoms with Crippen LogP contribution in [0.25, 0.3) is 0 Å². The molecule has 0 unspecified atom stereocenters. The maximum Gasteiger partial charge on any atom is 0.0250 e. The highest BCUT2D eigenvalue weighted by Gasteiger charge is 2.57. The Labute approximate surface area is 111 Å². The van der Waals surface area contributed by atoms with Gasteiger partial charge < -0.3 is 0 Å². The van der Waals surface area contributed by atoms with Crippen LogP contribution >= 0.6 is 31.9 Å². The molecule has 0 nitrogen and oxygen atoms in total. The predicted molar refractivity (Wildman–Crippen MR) is 76.0 cm³/mol. The molecular formula is C13H22Br2. The zero-order valence-electron chi connectivity index (χ0n) is 10.7. The van der Waals surface area contributed by atoms with Crippen LogP contribution in [0.15, 0.2) is 11.1 Å². The summed E-state index contributed by atoms with van der Waals surface area (Å²) in [5.74, 6) is 0. The van der Waals surface area contributed by atoms with Gasteiger partial charge in [-0.1, -0.05) is 84.5 Å². The average Bonchev–Trinajstić information content (AvgIpc) is 2.20. The summed E-state index contributed by atoms with van der Waals surface area (Å²) in [6.45, 7) is 14.3. The van der Waals surface area contributed by atoms with Crippen LogP contribution in [0.5, 0.6) is 0 Å². The van der Waals surface area contributed by atoms with Crippen molar-refractivity contribution in [2.75, 3.05) is 10.7 Å². The maximum atomic E-state index is 3.66. The Kier molecular flexibility index (Phi) is 3.55. The summed E-state index contributed by atoms with van der Waals surface area (Å²) in [5.41, 5.74) is 3.99. The van der Waals surface area contributed by atoms with Crippen molar-refractivity contribution >= 4 is 31.9 Å². The van der Waals surface area contributed by atoms with Gasteiger partial charge in [0.25, 0.3) is 0 Å². The monoisotopic (exact) mass is 336 g/mol. The molecule has 15 heavy (non-hydrogen) atoms. The molecule has 0 heterocycles. The van der Waals surface area contributed by atoms with Crippen LogP contribution in [-0.2, 0) is 0 Å². The first-order valence-corrected chi connectivity index (χ1v) is 7.73. The summed E-state index contributed by atoms with van der Waals surface area (Å²) in [6.07, 6.45) is 0. The largest absolute Gasteiger partial charge is 0.0880 e. The highest BCUT2D eigenvalue weighted by Crippen LogP contribution is 2.65. The maximum absolute atomic E-state index is 3.66. The standard InChI is InChI=1S/C13H22Br2/c1-11(2)9(7-14)10(8-15)12(3,4)13(11,5)6/h7-8H2,1-6H3. The Morgan fingerprint density at radius 1 is 0.733 bits per heavy atom. The summed E-state index contributed by atoms with van der Waals surface area (Å²) >= 11 is 7.32. The lowest BCUT2D eigenvalue weighted by Gasteiger charge is -2.46. The second-order valence-corrected chi connectivity index (χ2v) is 7.22. The fourth-order valence-electron chi connectivity index (χ4n) is 2.79. The van der Waals surface area contributed by atoms with Crippen molar-refractivity contribution in [2.24, 2.45) is 16.2 Å². The zero-order valence-corrected chi connectivity index (χ0v) is 13.8. The molecule has 0 aliphatic heterocycles. The molecule has 0 spiro atoms. The van der Waals surface area contributed by atoms with E-state index in [0.29, 0.717) is 5.41 Å². The van der Waals surface area contributed by atoms with E-state index in [4.69, 9.17) is 0 Å². The number of allylic oxidation sites excluding steroid dienone is 2. The summed E-state index contributed by atoms with van der Waals surface area (Å²) in [4.78, 5) is 0. The van der Waals surface area contributed by atoms with Gasteiger partial charge in [-0.2, -0.15) is 0 Å². The van der Waals surface area contributed by atoms with Crippen molar-refractivity contribution in [3.8, 4) is 0 Å². The van der Waals surface area contributed by atoms with Crippen LogP contribution in [-0.4, -0.2) is 10.7 Å². The fraction of sp³-hybridized carbons (Fsp3) is 0.846. The van der Waals surface area contributed by atoms with Gasteiger partial charge in [0.05, 0.1) is 0 Å². The molecule has 1 aliphatic rings. The van der Waals surface area contributed by atoms with Crippen molar-refractivity contribution < 1.29 is 0 Å².